The molecule has 0 bridgehead atoms. The van der Waals surface area contributed by atoms with Crippen molar-refractivity contribution in [3.8, 4) is 22.4 Å². The highest BCUT2D eigenvalue weighted by Gasteiger charge is 2.13. The number of anilines is 1. The summed E-state index contributed by atoms with van der Waals surface area (Å²) in [6.07, 6.45) is 2.47. The van der Waals surface area contributed by atoms with Crippen LogP contribution < -0.4 is 5.73 Å². The first-order valence-electron chi connectivity index (χ1n) is 8.42. The average Bonchev–Trinajstić information content (AvgIpc) is 2.67. The third kappa shape index (κ3) is 3.06. The Morgan fingerprint density at radius 2 is 1.77 bits per heavy atom. The molecule has 0 aliphatic carbocycles. The highest BCUT2D eigenvalue weighted by molar-refractivity contribution is 9.10. The molecule has 128 valence electrons. The first-order valence-corrected chi connectivity index (χ1v) is 9.21. The lowest BCUT2D eigenvalue weighted by molar-refractivity contribution is 1.14. The number of aromatic nitrogens is 3. The number of halogens is 1. The molecule has 0 unspecified atom stereocenters. The van der Waals surface area contributed by atoms with Gasteiger partial charge in [-0.2, -0.15) is 0 Å². The van der Waals surface area contributed by atoms with E-state index in [1.54, 1.807) is 0 Å². The summed E-state index contributed by atoms with van der Waals surface area (Å²) < 4.78 is 1.00. The number of aryl methyl sites for hydroxylation is 1. The highest BCUT2D eigenvalue weighted by Crippen LogP contribution is 2.34. The first-order chi connectivity index (χ1) is 12.7. The number of fused-ring (bicyclic) bond motifs is 1. The Hall–Kier alpha value is -2.79. The zero-order chi connectivity index (χ0) is 18.1. The molecule has 0 fully saturated rings. The molecule has 26 heavy (non-hydrogen) atoms. The molecule has 2 heterocycles. The van der Waals surface area contributed by atoms with Crippen molar-refractivity contribution in [2.75, 3.05) is 5.73 Å². The largest absolute Gasteiger partial charge is 0.383 e. The number of pyridine rings is 1. The van der Waals surface area contributed by atoms with Gasteiger partial charge < -0.3 is 5.73 Å². The van der Waals surface area contributed by atoms with Gasteiger partial charge in [-0.15, -0.1) is 0 Å². The molecule has 2 aromatic carbocycles. The van der Waals surface area contributed by atoms with Crippen molar-refractivity contribution in [3.05, 3.63) is 71.0 Å². The van der Waals surface area contributed by atoms with Crippen LogP contribution in [0.15, 0.2) is 65.4 Å². The molecule has 0 atom stereocenters. The van der Waals surface area contributed by atoms with Crippen LogP contribution in [0, 0.1) is 0 Å². The Kier molecular flexibility index (Phi) is 4.39. The van der Waals surface area contributed by atoms with E-state index in [-0.39, 0.29) is 0 Å². The van der Waals surface area contributed by atoms with E-state index in [0.29, 0.717) is 11.5 Å². The van der Waals surface area contributed by atoms with Gasteiger partial charge in [0.15, 0.2) is 5.65 Å². The number of benzene rings is 2. The molecule has 0 spiro atoms. The van der Waals surface area contributed by atoms with Crippen LogP contribution in [0.25, 0.3) is 33.4 Å². The van der Waals surface area contributed by atoms with Crippen LogP contribution in [0.3, 0.4) is 0 Å². The van der Waals surface area contributed by atoms with Crippen molar-refractivity contribution < 1.29 is 0 Å². The van der Waals surface area contributed by atoms with E-state index < -0.39 is 0 Å². The fraction of sp³-hybridized carbons (Fsp3) is 0.0952. The lowest BCUT2D eigenvalue weighted by Crippen LogP contribution is -1.98. The number of rotatable bonds is 3. The zero-order valence-corrected chi connectivity index (χ0v) is 15.9. The van der Waals surface area contributed by atoms with Gasteiger partial charge in [-0.05, 0) is 41.3 Å². The third-order valence-electron chi connectivity index (χ3n) is 4.43. The number of nitrogens with zero attached hydrogens (tertiary/aromatic N) is 3. The molecular weight excluding hydrogens is 388 g/mol. The summed E-state index contributed by atoms with van der Waals surface area (Å²) >= 11 is 3.54. The van der Waals surface area contributed by atoms with Crippen molar-refractivity contribution in [2.24, 2.45) is 0 Å². The summed E-state index contributed by atoms with van der Waals surface area (Å²) in [7, 11) is 0. The summed E-state index contributed by atoms with van der Waals surface area (Å²) in [6.45, 7) is 2.15. The van der Waals surface area contributed by atoms with E-state index in [0.717, 1.165) is 38.7 Å². The molecule has 0 aliphatic heterocycles. The quantitative estimate of drug-likeness (QED) is 0.505. The molecule has 0 aliphatic rings. The van der Waals surface area contributed by atoms with E-state index >= 15 is 0 Å². The summed E-state index contributed by atoms with van der Waals surface area (Å²) in [4.78, 5) is 13.2. The van der Waals surface area contributed by atoms with Crippen LogP contribution >= 0.6 is 15.9 Å². The monoisotopic (exact) mass is 404 g/mol. The van der Waals surface area contributed by atoms with Gasteiger partial charge in [-0.1, -0.05) is 59.3 Å². The van der Waals surface area contributed by atoms with Crippen molar-refractivity contribution >= 4 is 32.8 Å². The van der Waals surface area contributed by atoms with Crippen LogP contribution in [0.4, 0.5) is 5.82 Å². The molecule has 4 rings (SSSR count). The predicted octanol–water partition coefficient (Wildman–Crippen LogP) is 5.27. The summed E-state index contributed by atoms with van der Waals surface area (Å²) in [5.41, 5.74) is 12.0. The number of hydrogen-bond acceptors (Lipinski definition) is 4. The third-order valence-corrected chi connectivity index (χ3v) is 4.92. The predicted molar refractivity (Wildman–Crippen MR) is 110 cm³/mol. The van der Waals surface area contributed by atoms with Gasteiger partial charge in [0.1, 0.15) is 12.1 Å². The molecule has 5 heteroatoms. The normalized spacial score (nSPS) is 11.0. The van der Waals surface area contributed by atoms with Crippen LogP contribution in [-0.4, -0.2) is 15.0 Å². The van der Waals surface area contributed by atoms with Gasteiger partial charge in [0.25, 0.3) is 0 Å². The van der Waals surface area contributed by atoms with E-state index in [9.17, 15) is 0 Å². The van der Waals surface area contributed by atoms with Gasteiger partial charge in [0.2, 0.25) is 0 Å². The molecule has 2 N–H and O–H groups in total. The highest BCUT2D eigenvalue weighted by atomic mass is 79.9. The molecule has 0 saturated heterocycles. The maximum Gasteiger partial charge on any atom is 0.165 e. The molecule has 0 radical (unpaired) electrons. The van der Waals surface area contributed by atoms with Gasteiger partial charge in [0, 0.05) is 10.0 Å². The molecular formula is C21H17BrN4. The van der Waals surface area contributed by atoms with Crippen LogP contribution in [-0.2, 0) is 6.42 Å². The fourth-order valence-corrected chi connectivity index (χ4v) is 3.43. The van der Waals surface area contributed by atoms with Crippen molar-refractivity contribution in [3.63, 3.8) is 0 Å². The van der Waals surface area contributed by atoms with Crippen molar-refractivity contribution in [2.45, 2.75) is 13.3 Å². The van der Waals surface area contributed by atoms with Crippen molar-refractivity contribution in [1.82, 2.24) is 15.0 Å². The Morgan fingerprint density at radius 1 is 0.962 bits per heavy atom. The Morgan fingerprint density at radius 3 is 2.50 bits per heavy atom. The minimum atomic E-state index is 0.436. The maximum absolute atomic E-state index is 6.16. The number of hydrogen-bond donors (Lipinski definition) is 1. The van der Waals surface area contributed by atoms with E-state index in [4.69, 9.17) is 10.7 Å². The minimum absolute atomic E-state index is 0.436. The fourth-order valence-electron chi connectivity index (χ4n) is 3.03. The molecule has 0 saturated carbocycles. The SMILES string of the molecule is CCc1ccc(-c2cc(-c3cccc(Br)c3)c3c(N)ncnc3n2)cc1. The first kappa shape index (κ1) is 16.7. The van der Waals surface area contributed by atoms with Crippen molar-refractivity contribution in [1.29, 1.82) is 0 Å². The minimum Gasteiger partial charge on any atom is -0.383 e. The molecule has 0 amide bonds. The van der Waals surface area contributed by atoms with Crippen LogP contribution in [0.1, 0.15) is 12.5 Å². The van der Waals surface area contributed by atoms with Gasteiger partial charge in [0.05, 0.1) is 11.1 Å². The summed E-state index contributed by atoms with van der Waals surface area (Å²) in [5.74, 6) is 0.436. The van der Waals surface area contributed by atoms with Crippen LogP contribution in [0.5, 0.6) is 0 Å². The van der Waals surface area contributed by atoms with E-state index in [1.165, 1.54) is 11.9 Å². The van der Waals surface area contributed by atoms with E-state index in [2.05, 4.69) is 75.3 Å². The molecule has 4 nitrogen and oxygen atoms in total. The second-order valence-corrected chi connectivity index (χ2v) is 6.99. The lowest BCUT2D eigenvalue weighted by Gasteiger charge is -2.11. The summed E-state index contributed by atoms with van der Waals surface area (Å²) in [6, 6.07) is 18.6. The Balaban J connectivity index is 1.98. The van der Waals surface area contributed by atoms with Gasteiger partial charge in [-0.25, -0.2) is 15.0 Å². The van der Waals surface area contributed by atoms with E-state index in [1.807, 2.05) is 12.1 Å². The molecule has 4 aromatic rings. The average molecular weight is 405 g/mol. The molecule has 2 aromatic heterocycles. The maximum atomic E-state index is 6.16. The lowest BCUT2D eigenvalue weighted by atomic mass is 9.99. The Bertz CT molecular complexity index is 1090. The second-order valence-electron chi connectivity index (χ2n) is 6.07. The number of nitrogens with two attached hydrogens (primary N) is 1. The Labute approximate surface area is 160 Å². The topological polar surface area (TPSA) is 64.7 Å². The number of nitrogen functional groups attached to an aromatic ring is 1. The summed E-state index contributed by atoms with van der Waals surface area (Å²) in [5, 5.41) is 0.777. The van der Waals surface area contributed by atoms with Gasteiger partial charge in [-0.3, -0.25) is 0 Å². The van der Waals surface area contributed by atoms with Crippen LogP contribution in [0.2, 0.25) is 0 Å². The smallest absolute Gasteiger partial charge is 0.165 e. The van der Waals surface area contributed by atoms with Gasteiger partial charge >= 0.3 is 0 Å². The standard InChI is InChI=1S/C21H17BrN4/c1-2-13-6-8-14(9-7-13)18-11-17(15-4-3-5-16(22)10-15)19-20(23)24-12-25-21(19)26-18/h3-12H,2H2,1H3,(H2,23,24,25,26). The second kappa shape index (κ2) is 6.84. The zero-order valence-electron chi connectivity index (χ0n) is 14.3.